The van der Waals surface area contributed by atoms with Crippen LogP contribution >= 0.6 is 34.0 Å². The molecule has 4 heterocycles. The van der Waals surface area contributed by atoms with Gasteiger partial charge in [0, 0.05) is 146 Å². The quantitative estimate of drug-likeness (QED) is 0.0213. The number of fused-ring (bicyclic) bond motifs is 5. The molecular weight excluding hydrogens is 1740 g/mol. The predicted octanol–water partition coefficient (Wildman–Crippen LogP) is 17.3. The lowest BCUT2D eigenvalue weighted by Gasteiger charge is -2.17. The first kappa shape index (κ1) is 100. The van der Waals surface area contributed by atoms with E-state index in [0.29, 0.717) is 55.0 Å². The van der Waals surface area contributed by atoms with Gasteiger partial charge < -0.3 is 45.5 Å². The van der Waals surface area contributed by atoms with Crippen LogP contribution in [0.1, 0.15) is 181 Å². The van der Waals surface area contributed by atoms with Gasteiger partial charge in [-0.15, -0.1) is 34.0 Å². The van der Waals surface area contributed by atoms with Gasteiger partial charge in [0.1, 0.15) is 32.9 Å². The number of nitrogen functional groups attached to an aromatic ring is 1. The number of carbonyl (C=O) groups excluding carboxylic acids is 6. The van der Waals surface area contributed by atoms with Crippen LogP contribution < -0.4 is 30.7 Å². The van der Waals surface area contributed by atoms with Crippen molar-refractivity contribution in [2.24, 2.45) is 0 Å². The number of carbonyl (C=O) groups is 8. The van der Waals surface area contributed by atoms with Gasteiger partial charge in [-0.05, 0) is 177 Å². The van der Waals surface area contributed by atoms with Gasteiger partial charge in [-0.25, -0.2) is 9.59 Å². The largest absolute Gasteiger partial charge is 0.497 e. The van der Waals surface area contributed by atoms with E-state index < -0.39 is 25.1 Å². The maximum atomic E-state index is 13.4. The molecule has 32 heteroatoms. The maximum Gasteiger partial charge on any atom is 0.488 e. The van der Waals surface area contributed by atoms with Gasteiger partial charge in [0.15, 0.2) is 23.4 Å². The maximum absolute atomic E-state index is 13.4. The number of carboxylic acids is 2. The summed E-state index contributed by atoms with van der Waals surface area (Å²) in [6, 6.07) is 60.3. The Morgan fingerprint density at radius 3 is 1.40 bits per heavy atom. The van der Waals surface area contributed by atoms with Crippen molar-refractivity contribution in [3.63, 3.8) is 0 Å². The Labute approximate surface area is 747 Å². The van der Waals surface area contributed by atoms with Crippen LogP contribution in [0, 0.1) is 11.3 Å². The number of hydrogen-bond donors (Lipinski definition) is 6. The highest BCUT2D eigenvalue weighted by atomic mass is 33.4. The Morgan fingerprint density at radius 2 is 0.967 bits per heavy atom. The molecule has 19 nitrogen and oxygen atoms in total. The molecule has 1 fully saturated rings. The molecule has 1 unspecified atom stereocenters. The molecule has 0 aliphatic heterocycles. The van der Waals surface area contributed by atoms with E-state index in [9.17, 15) is 33.9 Å². The highest BCUT2D eigenvalue weighted by Gasteiger charge is 2.32. The Hall–Kier alpha value is -9.56. The van der Waals surface area contributed by atoms with E-state index in [2.05, 4.69) is 64.1 Å². The number of rotatable bonds is 17. The van der Waals surface area contributed by atoms with Crippen LogP contribution in [-0.4, -0.2) is 109 Å². The molecular formula is C89H93B2N4O15S11. The van der Waals surface area contributed by atoms with Gasteiger partial charge in [-0.2, -0.15) is 5.26 Å². The highest BCUT2D eigenvalue weighted by Crippen LogP contribution is 2.49. The molecule has 0 spiro atoms. The number of aliphatic carboxylic acids is 2. The van der Waals surface area contributed by atoms with Crippen molar-refractivity contribution >= 4 is 198 Å². The number of nitriles is 1. The molecule has 4 aliphatic rings. The molecule has 631 valence electrons. The van der Waals surface area contributed by atoms with E-state index >= 15 is 0 Å². The number of hydrogen-bond acceptors (Lipinski definition) is 21. The Kier molecular flexibility index (Phi) is 44.2. The van der Waals surface area contributed by atoms with E-state index in [1.165, 1.54) is 91.5 Å². The molecule has 121 heavy (non-hydrogen) atoms. The Bertz CT molecular complexity index is 5580. The number of ketones is 4. The molecule has 4 aliphatic carbocycles. The number of anilines is 2. The molecule has 7 aromatic carbocycles. The second-order valence-corrected chi connectivity index (χ2v) is 40.7. The van der Waals surface area contributed by atoms with Crippen LogP contribution in [0.4, 0.5) is 10.0 Å². The molecule has 0 bridgehead atoms. The summed E-state index contributed by atoms with van der Waals surface area (Å²) in [4.78, 5) is 95.3. The number of carboxylic acid groups (broad SMARTS) is 2. The molecule has 4 aromatic heterocycles. The zero-order valence-electron chi connectivity index (χ0n) is 66.3. The van der Waals surface area contributed by atoms with E-state index in [1.54, 1.807) is 171 Å². The third-order valence-electron chi connectivity index (χ3n) is 19.1. The van der Waals surface area contributed by atoms with Crippen molar-refractivity contribution in [1.82, 2.24) is 4.57 Å². The summed E-state index contributed by atoms with van der Waals surface area (Å²) in [6.07, 6.45) is 18.1. The lowest BCUT2D eigenvalue weighted by atomic mass is 9.80. The van der Waals surface area contributed by atoms with Crippen molar-refractivity contribution in [2.75, 3.05) is 32.4 Å². The van der Waals surface area contributed by atoms with Gasteiger partial charge in [0.2, 0.25) is 12.2 Å². The fourth-order valence-corrected chi connectivity index (χ4v) is 28.4. The van der Waals surface area contributed by atoms with Gasteiger partial charge >= 0.3 is 19.1 Å². The average molecular weight is 1830 g/mol. The second-order valence-electron chi connectivity index (χ2n) is 26.7. The third kappa shape index (κ3) is 29.6. The van der Waals surface area contributed by atoms with Crippen molar-refractivity contribution in [1.29, 1.82) is 5.26 Å². The van der Waals surface area contributed by atoms with Gasteiger partial charge in [0.25, 0.3) is 0 Å². The number of ether oxygens (including phenoxy) is 3. The minimum atomic E-state index is -1.43. The first-order valence-corrected chi connectivity index (χ1v) is 49.7. The molecule has 0 amide bonds. The summed E-state index contributed by atoms with van der Waals surface area (Å²) in [6.45, 7) is 1.67. The monoisotopic (exact) mass is 1830 g/mol. The molecule has 15 rings (SSSR count). The Morgan fingerprint density at radius 1 is 0.554 bits per heavy atom. The first-order valence-electron chi connectivity index (χ1n) is 37.9. The summed E-state index contributed by atoms with van der Waals surface area (Å²) >= 11 is 14.1. The van der Waals surface area contributed by atoms with Gasteiger partial charge in [-0.1, -0.05) is 159 Å². The van der Waals surface area contributed by atoms with Crippen LogP contribution in [0.2, 0.25) is 0 Å². The van der Waals surface area contributed by atoms with Crippen LogP contribution in [0.3, 0.4) is 0 Å². The minimum Gasteiger partial charge on any atom is -0.497 e. The molecule has 0 saturated heterocycles. The number of nitrogens with two attached hydrogens (primary N) is 1. The number of aromatic nitrogens is 1. The van der Waals surface area contributed by atoms with Crippen LogP contribution in [-0.2, 0) is 133 Å². The van der Waals surface area contributed by atoms with Gasteiger partial charge in [0.05, 0.1) is 55.6 Å². The molecule has 3 radical (unpaired) electrons. The number of nitrogens with zero attached hydrogens (tertiary/aromatic N) is 2. The lowest BCUT2D eigenvalue weighted by molar-refractivity contribution is -0.143. The lowest BCUT2D eigenvalue weighted by Crippen LogP contribution is -2.29. The normalized spacial score (nSPS) is 12.4. The van der Waals surface area contributed by atoms with Gasteiger partial charge in [-0.3, -0.25) is 33.3 Å². The number of aldehydes is 1. The Balaban J connectivity index is 0.000000229. The highest BCUT2D eigenvalue weighted by molar-refractivity contribution is 8.70. The molecule has 1 atom stereocenters. The summed E-state index contributed by atoms with van der Waals surface area (Å²) in [7, 11) is 12.5. The number of methoxy groups -OCH3 is 3. The van der Waals surface area contributed by atoms with Crippen molar-refractivity contribution in [2.45, 2.75) is 136 Å². The van der Waals surface area contributed by atoms with Crippen LogP contribution in [0.5, 0.6) is 17.2 Å². The summed E-state index contributed by atoms with van der Waals surface area (Å²) in [5.74, 6) is 0.179. The van der Waals surface area contributed by atoms with Crippen molar-refractivity contribution in [3.8, 4) is 45.7 Å². The first-order chi connectivity index (χ1) is 57.7. The third-order valence-corrected chi connectivity index (χ3v) is 33.8. The van der Waals surface area contributed by atoms with Crippen molar-refractivity contribution in [3.05, 3.63) is 259 Å². The standard InChI is InChI=1S/C25H23NO2S.C24H23NO4S.C15H15NOS.C9H7NO.C7H9BO3.C6H10O.C2H2O3.CH4.B.S8/c1-16(27)26-24(18-12-14-19(28-2)15-13-18)22(17-8-4-3-5-9-17)23-20-10-6-7-11-21(20)29-25(23)26;1-29-17-13-11-15(12-14-17)21(24(27)28)25-23-20(18-9-5-6-10-19(18)30-23)22(26)16-7-3-2-4-8-16;16-15-13(11-8-4-5-9-12(11)18-15)14(17)10-6-2-1-3-7-10;10-7-6-9(11)8-4-2-1-3-5-8;1-11-7-4-2-6(3-5-7)8(9)10;7-6-4-2-1-3-5-6;3-1-2(4)5;;;1-3-5-7-8-6-4-2/h3-5,8-9,12-15H,6-7,10-11H2,1-2H3;2-4,7-8,11-14,21,25H,5-6,9-10H2,1H3,(H,27,28);1-3,6-7H,4-5,8-9,16H2;1-5H,6H2;2-5,9-10H,1H3;1-5H2;1H,(H,4,5);1H4;;. The van der Waals surface area contributed by atoms with E-state index in [-0.39, 0.29) is 51.8 Å². The molecule has 1 saturated carbocycles. The summed E-state index contributed by atoms with van der Waals surface area (Å²) in [5, 5.41) is 48.6. The van der Waals surface area contributed by atoms with E-state index in [1.807, 2.05) is 83.4 Å². The summed E-state index contributed by atoms with van der Waals surface area (Å²) < 4.78 is 17.3. The molecule has 7 N–H and O–H groups in total. The topological polar surface area (TPSA) is 312 Å². The van der Waals surface area contributed by atoms with Crippen LogP contribution in [0.25, 0.3) is 32.6 Å². The smallest absolute Gasteiger partial charge is 0.488 e. The predicted molar refractivity (Wildman–Crippen MR) is 510 cm³/mol. The SMILES string of the molecule is C.COc1ccc(-c2c(-c3ccccc3)c3c4c(sc3n2C(C)=O)CCCC4)cc1.COc1ccc(B(O)O)cc1.COc1ccc(C(Nc2sc3c(c2C(=O)c2ccccc2)CCCC3)C(=O)O)cc1.N#CCC(=O)c1ccccc1.Nc1sc2c(c1C(=O)c1ccccc1)CCCC2.O=C1CCCCC1.O=CC(=O)O.S=S=S=S=S=S=S=S.[B]. The molecule has 11 aromatic rings. The number of aryl methyl sites for hydroxylation is 4. The van der Waals surface area contributed by atoms with E-state index in [0.717, 1.165) is 128 Å². The average Bonchev–Trinajstić information content (AvgIpc) is 1.55. The number of nitrogens with one attached hydrogen (secondary N) is 1. The van der Waals surface area contributed by atoms with Crippen LogP contribution in [0.15, 0.2) is 194 Å². The number of benzene rings is 7. The zero-order chi connectivity index (χ0) is 85.6. The minimum absolute atomic E-state index is 0. The zero-order valence-corrected chi connectivity index (χ0v) is 75.2. The second kappa shape index (κ2) is 53.4. The fourth-order valence-electron chi connectivity index (χ4n) is 13.5. The van der Waals surface area contributed by atoms with Crippen molar-refractivity contribution < 1.29 is 72.8 Å². The van der Waals surface area contributed by atoms with E-state index in [4.69, 9.17) is 49.9 Å². The number of thiophene rings is 3. The fraction of sp³-hybridized carbons (Fsp3) is 0.270. The summed E-state index contributed by atoms with van der Waals surface area (Å²) in [5.41, 5.74) is 18.6. The number of Topliss-reactive ketones (excluding diaryl/α,β-unsaturated/α-hetero) is 2.